The average Bonchev–Trinajstić information content (AvgIpc) is 2.74. The molecule has 2 rings (SSSR count). The van der Waals surface area contributed by atoms with Crippen molar-refractivity contribution in [2.45, 2.75) is 13.5 Å². The van der Waals surface area contributed by atoms with Gasteiger partial charge in [-0.2, -0.15) is 5.10 Å². The van der Waals surface area contributed by atoms with Crippen molar-refractivity contribution in [1.29, 1.82) is 0 Å². The van der Waals surface area contributed by atoms with E-state index in [4.69, 9.17) is 4.74 Å². The lowest BCUT2D eigenvalue weighted by atomic mass is 10.1. The molecule has 1 heterocycles. The highest BCUT2D eigenvalue weighted by Crippen LogP contribution is 2.29. The van der Waals surface area contributed by atoms with E-state index < -0.39 is 0 Å². The molecule has 0 aliphatic carbocycles. The van der Waals surface area contributed by atoms with Gasteiger partial charge in [-0.1, -0.05) is 6.07 Å². The second-order valence-corrected chi connectivity index (χ2v) is 4.45. The number of rotatable bonds is 4. The van der Waals surface area contributed by atoms with E-state index in [1.54, 1.807) is 22.9 Å². The normalized spacial score (nSPS) is 10.3. The molecule has 0 aliphatic heterocycles. The first-order valence-electron chi connectivity index (χ1n) is 6.16. The number of methoxy groups -OCH3 is 1. The van der Waals surface area contributed by atoms with Crippen LogP contribution in [0.2, 0.25) is 0 Å². The van der Waals surface area contributed by atoms with Crippen LogP contribution in [-0.2, 0) is 13.6 Å². The number of benzene rings is 1. The molecule has 0 fully saturated rings. The minimum atomic E-state index is -0.357. The maximum atomic E-state index is 12.1. The van der Waals surface area contributed by atoms with Gasteiger partial charge in [0.1, 0.15) is 0 Å². The zero-order chi connectivity index (χ0) is 14.7. The fraction of sp³-hybridized carbons (Fsp3) is 0.286. The highest BCUT2D eigenvalue weighted by atomic mass is 16.5. The molecule has 0 atom stereocenters. The first-order valence-corrected chi connectivity index (χ1v) is 6.16. The smallest absolute Gasteiger partial charge is 0.255 e. The lowest BCUT2D eigenvalue weighted by Gasteiger charge is -2.09. The van der Waals surface area contributed by atoms with Crippen LogP contribution in [0, 0.1) is 6.92 Å². The monoisotopic (exact) mass is 275 g/mol. The number of carbonyl (C=O) groups excluding carboxylic acids is 1. The SMILES string of the molecule is COc1cccc(C(=O)NCc2cn(C)nc2C)c1O. The number of nitrogens with one attached hydrogen (secondary N) is 1. The van der Waals surface area contributed by atoms with Crippen LogP contribution in [0.3, 0.4) is 0 Å². The molecule has 106 valence electrons. The number of aromatic nitrogens is 2. The lowest BCUT2D eigenvalue weighted by molar-refractivity contribution is 0.0947. The fourth-order valence-electron chi connectivity index (χ4n) is 1.96. The zero-order valence-electron chi connectivity index (χ0n) is 11.7. The number of ether oxygens (including phenoxy) is 1. The van der Waals surface area contributed by atoms with Crippen molar-refractivity contribution in [3.63, 3.8) is 0 Å². The van der Waals surface area contributed by atoms with Gasteiger partial charge < -0.3 is 15.2 Å². The van der Waals surface area contributed by atoms with Gasteiger partial charge >= 0.3 is 0 Å². The van der Waals surface area contributed by atoms with Crippen molar-refractivity contribution < 1.29 is 14.6 Å². The molecule has 0 saturated heterocycles. The van der Waals surface area contributed by atoms with Gasteiger partial charge in [-0.25, -0.2) is 0 Å². The summed E-state index contributed by atoms with van der Waals surface area (Å²) in [6.07, 6.45) is 1.85. The van der Waals surface area contributed by atoms with Crippen LogP contribution >= 0.6 is 0 Å². The molecular weight excluding hydrogens is 258 g/mol. The van der Waals surface area contributed by atoms with Gasteiger partial charge in [0.25, 0.3) is 5.91 Å². The summed E-state index contributed by atoms with van der Waals surface area (Å²) in [4.78, 5) is 12.1. The van der Waals surface area contributed by atoms with Crippen LogP contribution < -0.4 is 10.1 Å². The summed E-state index contributed by atoms with van der Waals surface area (Å²) in [6, 6.07) is 4.80. The second-order valence-electron chi connectivity index (χ2n) is 4.45. The number of amides is 1. The van der Waals surface area contributed by atoms with E-state index >= 15 is 0 Å². The first kappa shape index (κ1) is 13.9. The molecule has 1 aromatic heterocycles. The molecule has 2 aromatic rings. The molecule has 0 saturated carbocycles. The summed E-state index contributed by atoms with van der Waals surface area (Å²) < 4.78 is 6.67. The Morgan fingerprint density at radius 1 is 1.50 bits per heavy atom. The van der Waals surface area contributed by atoms with Crippen molar-refractivity contribution >= 4 is 5.91 Å². The van der Waals surface area contributed by atoms with E-state index in [0.717, 1.165) is 11.3 Å². The summed E-state index contributed by atoms with van der Waals surface area (Å²) in [5, 5.41) is 16.9. The number of carbonyl (C=O) groups is 1. The topological polar surface area (TPSA) is 76.4 Å². The molecule has 6 nitrogen and oxygen atoms in total. The Morgan fingerprint density at radius 2 is 2.25 bits per heavy atom. The summed E-state index contributed by atoms with van der Waals surface area (Å²) >= 11 is 0. The molecule has 1 amide bonds. The summed E-state index contributed by atoms with van der Waals surface area (Å²) in [5.41, 5.74) is 1.98. The Kier molecular flexibility index (Phi) is 3.93. The molecule has 0 spiro atoms. The van der Waals surface area contributed by atoms with Crippen molar-refractivity contribution in [2.75, 3.05) is 7.11 Å². The first-order chi connectivity index (χ1) is 9.52. The van der Waals surface area contributed by atoms with Gasteiger partial charge in [0.05, 0.1) is 18.4 Å². The standard InChI is InChI=1S/C14H17N3O3/c1-9-10(8-17(2)16-9)7-15-14(19)11-5-4-6-12(20-3)13(11)18/h4-6,8,18H,7H2,1-3H3,(H,15,19). The van der Waals surface area contributed by atoms with Crippen molar-refractivity contribution in [1.82, 2.24) is 15.1 Å². The van der Waals surface area contributed by atoms with E-state index in [1.165, 1.54) is 7.11 Å². The minimum Gasteiger partial charge on any atom is -0.504 e. The molecule has 0 radical (unpaired) electrons. The Hall–Kier alpha value is -2.50. The van der Waals surface area contributed by atoms with Gasteiger partial charge in [-0.05, 0) is 19.1 Å². The number of phenols is 1. The largest absolute Gasteiger partial charge is 0.504 e. The van der Waals surface area contributed by atoms with Gasteiger partial charge in [0.15, 0.2) is 11.5 Å². The van der Waals surface area contributed by atoms with Crippen LogP contribution in [0.4, 0.5) is 0 Å². The third-order valence-corrected chi connectivity index (χ3v) is 3.02. The quantitative estimate of drug-likeness (QED) is 0.883. The Morgan fingerprint density at radius 3 is 2.85 bits per heavy atom. The van der Waals surface area contributed by atoms with E-state index in [0.29, 0.717) is 6.54 Å². The third-order valence-electron chi connectivity index (χ3n) is 3.02. The molecule has 2 N–H and O–H groups in total. The van der Waals surface area contributed by atoms with Crippen LogP contribution in [-0.4, -0.2) is 27.9 Å². The zero-order valence-corrected chi connectivity index (χ0v) is 11.7. The maximum Gasteiger partial charge on any atom is 0.255 e. The maximum absolute atomic E-state index is 12.1. The predicted molar refractivity (Wildman–Crippen MR) is 73.8 cm³/mol. The summed E-state index contributed by atoms with van der Waals surface area (Å²) in [6.45, 7) is 2.24. The molecule has 0 bridgehead atoms. The van der Waals surface area contributed by atoms with E-state index in [2.05, 4.69) is 10.4 Å². The average molecular weight is 275 g/mol. The number of phenolic OH excluding ortho intramolecular Hbond substituents is 1. The number of hydrogen-bond donors (Lipinski definition) is 2. The molecule has 6 heteroatoms. The van der Waals surface area contributed by atoms with Crippen LogP contribution in [0.25, 0.3) is 0 Å². The molecule has 20 heavy (non-hydrogen) atoms. The summed E-state index contributed by atoms with van der Waals surface area (Å²) in [7, 11) is 3.27. The van der Waals surface area contributed by atoms with Crippen molar-refractivity contribution in [3.8, 4) is 11.5 Å². The Labute approximate surface area is 117 Å². The van der Waals surface area contributed by atoms with Crippen molar-refractivity contribution in [2.24, 2.45) is 7.05 Å². The van der Waals surface area contributed by atoms with Gasteiger partial charge in [-0.15, -0.1) is 0 Å². The highest BCUT2D eigenvalue weighted by Gasteiger charge is 2.15. The number of aryl methyl sites for hydroxylation is 2. The van der Waals surface area contributed by atoms with E-state index in [9.17, 15) is 9.90 Å². The summed E-state index contributed by atoms with van der Waals surface area (Å²) in [5.74, 6) is -0.240. The van der Waals surface area contributed by atoms with Crippen LogP contribution in [0.1, 0.15) is 21.6 Å². The third kappa shape index (κ3) is 2.74. The van der Waals surface area contributed by atoms with Gasteiger partial charge in [0, 0.05) is 25.4 Å². The second kappa shape index (κ2) is 5.64. The Balaban J connectivity index is 2.11. The Bertz CT molecular complexity index is 635. The van der Waals surface area contributed by atoms with E-state index in [1.807, 2.05) is 20.2 Å². The van der Waals surface area contributed by atoms with Crippen molar-refractivity contribution in [3.05, 3.63) is 41.2 Å². The predicted octanol–water partition coefficient (Wildman–Crippen LogP) is 1.37. The fourth-order valence-corrected chi connectivity index (χ4v) is 1.96. The van der Waals surface area contributed by atoms with E-state index in [-0.39, 0.29) is 23.0 Å². The number of nitrogens with zero attached hydrogens (tertiary/aromatic N) is 2. The number of para-hydroxylation sites is 1. The molecule has 0 unspecified atom stereocenters. The molecule has 1 aromatic carbocycles. The molecular formula is C14H17N3O3. The number of hydrogen-bond acceptors (Lipinski definition) is 4. The number of aromatic hydroxyl groups is 1. The minimum absolute atomic E-state index is 0.157. The lowest BCUT2D eigenvalue weighted by Crippen LogP contribution is -2.23. The van der Waals surface area contributed by atoms with Crippen LogP contribution in [0.15, 0.2) is 24.4 Å². The van der Waals surface area contributed by atoms with Crippen LogP contribution in [0.5, 0.6) is 11.5 Å². The molecule has 0 aliphatic rings. The van der Waals surface area contributed by atoms with Gasteiger partial charge in [-0.3, -0.25) is 9.48 Å². The highest BCUT2D eigenvalue weighted by molar-refractivity contribution is 5.97. The van der Waals surface area contributed by atoms with Gasteiger partial charge in [0.2, 0.25) is 0 Å².